The lowest BCUT2D eigenvalue weighted by molar-refractivity contribution is 0.674. The molecule has 0 aliphatic carbocycles. The molecule has 0 aromatic heterocycles. The Morgan fingerprint density at radius 2 is 2.58 bits per heavy atom. The van der Waals surface area contributed by atoms with Gasteiger partial charge in [0, 0.05) is 30.6 Å². The highest BCUT2D eigenvalue weighted by atomic mass is 32.2. The first-order valence-electron chi connectivity index (χ1n) is 4.28. The number of nitrogens with zero attached hydrogens (tertiary/aromatic N) is 1. The summed E-state index contributed by atoms with van der Waals surface area (Å²) in [6, 6.07) is 0.451. The molecule has 0 radical (unpaired) electrons. The SMILES string of the molecule is CSCCNC1=CC=NC(C)C1. The Morgan fingerprint density at radius 1 is 1.75 bits per heavy atom. The highest BCUT2D eigenvalue weighted by molar-refractivity contribution is 7.98. The van der Waals surface area contributed by atoms with Crippen molar-refractivity contribution < 1.29 is 0 Å². The summed E-state index contributed by atoms with van der Waals surface area (Å²) in [4.78, 5) is 4.26. The number of dihydropyridines is 1. The van der Waals surface area contributed by atoms with Crippen molar-refractivity contribution in [2.75, 3.05) is 18.6 Å². The zero-order valence-electron chi connectivity index (χ0n) is 7.71. The topological polar surface area (TPSA) is 24.4 Å². The molecule has 1 aliphatic heterocycles. The molecule has 0 aromatic carbocycles. The van der Waals surface area contributed by atoms with Crippen molar-refractivity contribution in [1.82, 2.24) is 5.32 Å². The van der Waals surface area contributed by atoms with E-state index in [4.69, 9.17) is 0 Å². The fraction of sp³-hybridized carbons (Fsp3) is 0.667. The van der Waals surface area contributed by atoms with E-state index in [9.17, 15) is 0 Å². The summed E-state index contributed by atoms with van der Waals surface area (Å²) >= 11 is 1.87. The standard InChI is InChI=1S/C9H16N2S/c1-8-7-9(3-4-10-8)11-5-6-12-2/h3-4,8,11H,5-7H2,1-2H3. The van der Waals surface area contributed by atoms with Crippen molar-refractivity contribution in [2.45, 2.75) is 19.4 Å². The predicted octanol–water partition coefficient (Wildman–Crippen LogP) is 1.69. The van der Waals surface area contributed by atoms with Gasteiger partial charge in [-0.2, -0.15) is 11.8 Å². The number of nitrogens with one attached hydrogen (secondary N) is 1. The van der Waals surface area contributed by atoms with Crippen LogP contribution < -0.4 is 5.32 Å². The molecule has 1 heterocycles. The molecule has 1 atom stereocenters. The summed E-state index contributed by atoms with van der Waals surface area (Å²) < 4.78 is 0. The maximum absolute atomic E-state index is 4.26. The van der Waals surface area contributed by atoms with Crippen molar-refractivity contribution in [3.63, 3.8) is 0 Å². The van der Waals surface area contributed by atoms with Gasteiger partial charge in [-0.05, 0) is 19.3 Å². The summed E-state index contributed by atoms with van der Waals surface area (Å²) in [7, 11) is 0. The molecule has 12 heavy (non-hydrogen) atoms. The molecule has 0 saturated carbocycles. The Bertz CT molecular complexity index is 187. The van der Waals surface area contributed by atoms with E-state index in [1.165, 1.54) is 11.4 Å². The Labute approximate surface area is 78.5 Å². The van der Waals surface area contributed by atoms with Gasteiger partial charge >= 0.3 is 0 Å². The maximum atomic E-state index is 4.26. The Hall–Kier alpha value is -0.440. The van der Waals surface area contributed by atoms with Crippen LogP contribution in [0.2, 0.25) is 0 Å². The molecule has 0 bridgehead atoms. The van der Waals surface area contributed by atoms with E-state index < -0.39 is 0 Å². The van der Waals surface area contributed by atoms with E-state index >= 15 is 0 Å². The van der Waals surface area contributed by atoms with Gasteiger partial charge in [0.15, 0.2) is 0 Å². The van der Waals surface area contributed by atoms with Crippen LogP contribution in [0.25, 0.3) is 0 Å². The molecule has 1 aliphatic rings. The van der Waals surface area contributed by atoms with Crippen LogP contribution in [-0.2, 0) is 0 Å². The van der Waals surface area contributed by atoms with Crippen LogP contribution in [0.5, 0.6) is 0 Å². The number of hydrogen-bond acceptors (Lipinski definition) is 3. The summed E-state index contributed by atoms with van der Waals surface area (Å²) in [5.74, 6) is 1.17. The molecule has 0 saturated heterocycles. The van der Waals surface area contributed by atoms with Crippen LogP contribution in [0.1, 0.15) is 13.3 Å². The third-order valence-electron chi connectivity index (χ3n) is 1.79. The fourth-order valence-corrected chi connectivity index (χ4v) is 1.47. The molecule has 68 valence electrons. The fourth-order valence-electron chi connectivity index (χ4n) is 1.16. The summed E-state index contributed by atoms with van der Waals surface area (Å²) in [5, 5.41) is 3.40. The van der Waals surface area contributed by atoms with Crippen LogP contribution in [0, 0.1) is 0 Å². The first-order valence-corrected chi connectivity index (χ1v) is 5.67. The zero-order valence-corrected chi connectivity index (χ0v) is 8.53. The summed E-state index contributed by atoms with van der Waals surface area (Å²) in [5.41, 5.74) is 1.33. The number of aliphatic imine (C=N–C) groups is 1. The lowest BCUT2D eigenvalue weighted by atomic mass is 10.1. The quantitative estimate of drug-likeness (QED) is 0.672. The molecule has 1 rings (SSSR count). The van der Waals surface area contributed by atoms with E-state index in [1.54, 1.807) is 0 Å². The van der Waals surface area contributed by atoms with Gasteiger partial charge in [0.2, 0.25) is 0 Å². The van der Waals surface area contributed by atoms with Gasteiger partial charge in [0.25, 0.3) is 0 Å². The van der Waals surface area contributed by atoms with E-state index in [0.717, 1.165) is 13.0 Å². The summed E-state index contributed by atoms with van der Waals surface area (Å²) in [6.45, 7) is 3.20. The largest absolute Gasteiger partial charge is 0.387 e. The van der Waals surface area contributed by atoms with Crippen LogP contribution in [0.3, 0.4) is 0 Å². The molecule has 1 unspecified atom stereocenters. The van der Waals surface area contributed by atoms with Gasteiger partial charge in [-0.1, -0.05) is 0 Å². The second-order valence-corrected chi connectivity index (χ2v) is 3.95. The minimum atomic E-state index is 0.451. The van der Waals surface area contributed by atoms with Gasteiger partial charge in [-0.25, -0.2) is 0 Å². The molecule has 0 fully saturated rings. The highest BCUT2D eigenvalue weighted by Crippen LogP contribution is 2.08. The number of thioether (sulfide) groups is 1. The average Bonchev–Trinajstić information content (AvgIpc) is 2.05. The molecule has 0 aromatic rings. The van der Waals surface area contributed by atoms with Gasteiger partial charge < -0.3 is 5.32 Å². The lowest BCUT2D eigenvalue weighted by Gasteiger charge is -2.15. The van der Waals surface area contributed by atoms with Crippen molar-refractivity contribution in [3.05, 3.63) is 11.8 Å². The average molecular weight is 184 g/mol. The van der Waals surface area contributed by atoms with Crippen LogP contribution in [0.15, 0.2) is 16.8 Å². The Balaban J connectivity index is 2.23. The first-order chi connectivity index (χ1) is 5.83. The normalized spacial score (nSPS) is 22.2. The van der Waals surface area contributed by atoms with Gasteiger partial charge in [-0.15, -0.1) is 0 Å². The summed E-state index contributed by atoms with van der Waals surface area (Å²) in [6.07, 6.45) is 7.15. The van der Waals surface area contributed by atoms with Gasteiger partial charge in [-0.3, -0.25) is 4.99 Å². The smallest absolute Gasteiger partial charge is 0.0525 e. The zero-order chi connectivity index (χ0) is 8.81. The second-order valence-electron chi connectivity index (χ2n) is 2.96. The van der Waals surface area contributed by atoms with E-state index in [1.807, 2.05) is 18.0 Å². The second kappa shape index (κ2) is 5.25. The minimum Gasteiger partial charge on any atom is -0.387 e. The number of rotatable bonds is 4. The maximum Gasteiger partial charge on any atom is 0.0525 e. The molecular formula is C9H16N2S. The van der Waals surface area contributed by atoms with Crippen molar-refractivity contribution in [2.24, 2.45) is 4.99 Å². The molecule has 2 nitrogen and oxygen atoms in total. The van der Waals surface area contributed by atoms with Gasteiger partial charge in [0.05, 0.1) is 6.04 Å². The molecule has 1 N–H and O–H groups in total. The van der Waals surface area contributed by atoms with Crippen LogP contribution in [-0.4, -0.2) is 30.8 Å². The van der Waals surface area contributed by atoms with E-state index in [2.05, 4.69) is 29.6 Å². The van der Waals surface area contributed by atoms with Crippen molar-refractivity contribution in [1.29, 1.82) is 0 Å². The lowest BCUT2D eigenvalue weighted by Crippen LogP contribution is -2.21. The molecular weight excluding hydrogens is 168 g/mol. The van der Waals surface area contributed by atoms with Crippen molar-refractivity contribution >= 4 is 18.0 Å². The van der Waals surface area contributed by atoms with Crippen LogP contribution in [0.4, 0.5) is 0 Å². The Morgan fingerprint density at radius 3 is 3.25 bits per heavy atom. The predicted molar refractivity (Wildman–Crippen MR) is 57.0 cm³/mol. The highest BCUT2D eigenvalue weighted by Gasteiger charge is 2.05. The Kier molecular flexibility index (Phi) is 4.22. The number of hydrogen-bond donors (Lipinski definition) is 1. The molecule has 0 amide bonds. The first kappa shape index (κ1) is 9.65. The van der Waals surface area contributed by atoms with Crippen molar-refractivity contribution in [3.8, 4) is 0 Å². The van der Waals surface area contributed by atoms with E-state index in [0.29, 0.717) is 6.04 Å². The number of allylic oxidation sites excluding steroid dienone is 1. The third-order valence-corrected chi connectivity index (χ3v) is 2.40. The molecule has 3 heteroatoms. The van der Waals surface area contributed by atoms with Gasteiger partial charge in [0.1, 0.15) is 0 Å². The van der Waals surface area contributed by atoms with Crippen LogP contribution >= 0.6 is 11.8 Å². The minimum absolute atomic E-state index is 0.451. The monoisotopic (exact) mass is 184 g/mol. The molecule has 0 spiro atoms. The third kappa shape index (κ3) is 3.30. The van der Waals surface area contributed by atoms with E-state index in [-0.39, 0.29) is 0 Å².